The Hall–Kier alpha value is -4.01. The first kappa shape index (κ1) is 18.4. The number of nitriles is 2. The summed E-state index contributed by atoms with van der Waals surface area (Å²) in [4.78, 5) is 31.0. The fourth-order valence-corrected chi connectivity index (χ4v) is 4.30. The number of thiophene rings is 1. The maximum Gasteiger partial charge on any atom is 0.336 e. The normalized spacial score (nSPS) is 10.6. The molecule has 0 radical (unpaired) electrons. The van der Waals surface area contributed by atoms with Crippen LogP contribution in [0.4, 0.5) is 0 Å². The van der Waals surface area contributed by atoms with E-state index in [1.807, 2.05) is 12.1 Å². The average molecular weight is 399 g/mol. The predicted octanol–water partition coefficient (Wildman–Crippen LogP) is 3.06. The van der Waals surface area contributed by atoms with Gasteiger partial charge in [0.15, 0.2) is 0 Å². The molecule has 1 aromatic carbocycles. The van der Waals surface area contributed by atoms with E-state index in [-0.39, 0.29) is 13.0 Å². The minimum atomic E-state index is -0.524. The molecule has 8 heteroatoms. The summed E-state index contributed by atoms with van der Waals surface area (Å²) in [6.45, 7) is 0.155. The number of hydrogen-bond acceptors (Lipinski definition) is 6. The lowest BCUT2D eigenvalue weighted by Gasteiger charge is -2.10. The van der Waals surface area contributed by atoms with Crippen LogP contribution in [0.1, 0.15) is 12.0 Å². The lowest BCUT2D eigenvalue weighted by Crippen LogP contribution is -2.38. The number of benzene rings is 1. The molecule has 0 aliphatic carbocycles. The van der Waals surface area contributed by atoms with Gasteiger partial charge >= 0.3 is 5.69 Å². The van der Waals surface area contributed by atoms with Gasteiger partial charge in [-0.15, -0.1) is 11.3 Å². The third kappa shape index (κ3) is 3.12. The first-order valence-corrected chi connectivity index (χ1v) is 9.53. The SMILES string of the molecule is N#CCCn1c(=O)n(-c2cccnc2)c(=O)c2sc(-c3ccccc3C#N)cc21. The van der Waals surface area contributed by atoms with Crippen molar-refractivity contribution in [3.63, 3.8) is 0 Å². The minimum Gasteiger partial charge on any atom is -0.291 e. The molecular formula is C21H13N5O2S. The van der Waals surface area contributed by atoms with Gasteiger partial charge in [-0.3, -0.25) is 14.3 Å². The summed E-state index contributed by atoms with van der Waals surface area (Å²) >= 11 is 1.22. The lowest BCUT2D eigenvalue weighted by molar-refractivity contribution is 0.662. The van der Waals surface area contributed by atoms with Crippen molar-refractivity contribution in [2.24, 2.45) is 0 Å². The molecule has 0 aliphatic rings. The highest BCUT2D eigenvalue weighted by Crippen LogP contribution is 2.33. The summed E-state index contributed by atoms with van der Waals surface area (Å²) < 4.78 is 2.89. The van der Waals surface area contributed by atoms with Crippen LogP contribution in [-0.4, -0.2) is 14.1 Å². The zero-order valence-electron chi connectivity index (χ0n) is 15.1. The van der Waals surface area contributed by atoms with E-state index < -0.39 is 11.2 Å². The third-order valence-electron chi connectivity index (χ3n) is 4.49. The topological polar surface area (TPSA) is 104 Å². The first-order chi connectivity index (χ1) is 14.2. The molecule has 0 N–H and O–H groups in total. The molecule has 140 valence electrons. The molecule has 0 saturated carbocycles. The van der Waals surface area contributed by atoms with Gasteiger partial charge in [0, 0.05) is 23.2 Å². The molecule has 0 saturated heterocycles. The van der Waals surface area contributed by atoms with E-state index in [1.54, 1.807) is 42.6 Å². The second-order valence-corrected chi connectivity index (χ2v) is 7.23. The molecule has 3 heterocycles. The molecule has 0 aliphatic heterocycles. The molecule has 0 bridgehead atoms. The number of hydrogen-bond donors (Lipinski definition) is 0. The van der Waals surface area contributed by atoms with Crippen molar-refractivity contribution < 1.29 is 0 Å². The van der Waals surface area contributed by atoms with Crippen molar-refractivity contribution in [3.05, 3.63) is 81.3 Å². The minimum absolute atomic E-state index is 0.125. The Balaban J connectivity index is 2.07. The standard InChI is InChI=1S/C21H13N5O2S/c22-8-4-10-25-17-11-18(16-7-2-1-5-14(16)12-23)29-19(17)20(27)26(21(25)28)15-6-3-9-24-13-15/h1-3,5-7,9,11,13H,4,10H2. The van der Waals surface area contributed by atoms with Crippen LogP contribution in [-0.2, 0) is 6.54 Å². The summed E-state index contributed by atoms with van der Waals surface area (Å²) in [6, 6.07) is 16.3. The van der Waals surface area contributed by atoms with Gasteiger partial charge in [-0.2, -0.15) is 10.5 Å². The summed E-state index contributed by atoms with van der Waals surface area (Å²) in [5.74, 6) is 0. The van der Waals surface area contributed by atoms with Crippen LogP contribution < -0.4 is 11.2 Å². The van der Waals surface area contributed by atoms with Gasteiger partial charge in [0.2, 0.25) is 0 Å². The lowest BCUT2D eigenvalue weighted by atomic mass is 10.1. The van der Waals surface area contributed by atoms with Crippen LogP contribution in [0.15, 0.2) is 64.4 Å². The largest absolute Gasteiger partial charge is 0.336 e. The molecule has 4 rings (SSSR count). The van der Waals surface area contributed by atoms with E-state index in [4.69, 9.17) is 5.26 Å². The highest BCUT2D eigenvalue weighted by molar-refractivity contribution is 7.22. The van der Waals surface area contributed by atoms with Crippen molar-refractivity contribution in [1.29, 1.82) is 10.5 Å². The van der Waals surface area contributed by atoms with Gasteiger partial charge in [-0.1, -0.05) is 18.2 Å². The Labute approximate surface area is 169 Å². The Morgan fingerprint density at radius 2 is 1.93 bits per heavy atom. The van der Waals surface area contributed by atoms with Crippen LogP contribution in [0.25, 0.3) is 26.3 Å². The molecule has 0 atom stereocenters. The van der Waals surface area contributed by atoms with E-state index >= 15 is 0 Å². The second-order valence-electron chi connectivity index (χ2n) is 6.18. The predicted molar refractivity (Wildman–Crippen MR) is 110 cm³/mol. The van der Waals surface area contributed by atoms with Crippen LogP contribution >= 0.6 is 11.3 Å². The summed E-state index contributed by atoms with van der Waals surface area (Å²) in [7, 11) is 0. The average Bonchev–Trinajstić information content (AvgIpc) is 3.20. The number of nitrogens with zero attached hydrogens (tertiary/aromatic N) is 5. The van der Waals surface area contributed by atoms with E-state index in [2.05, 4.69) is 11.1 Å². The van der Waals surface area contributed by atoms with Gasteiger partial charge in [0.1, 0.15) is 4.70 Å². The number of aromatic nitrogens is 3. The smallest absolute Gasteiger partial charge is 0.291 e. The van der Waals surface area contributed by atoms with Crippen molar-refractivity contribution in [3.8, 4) is 28.3 Å². The highest BCUT2D eigenvalue weighted by Gasteiger charge is 2.19. The van der Waals surface area contributed by atoms with Crippen molar-refractivity contribution in [2.75, 3.05) is 0 Å². The molecule has 3 aromatic heterocycles. The third-order valence-corrected chi connectivity index (χ3v) is 5.63. The molecule has 7 nitrogen and oxygen atoms in total. The molecule has 0 amide bonds. The molecule has 29 heavy (non-hydrogen) atoms. The zero-order valence-corrected chi connectivity index (χ0v) is 15.9. The highest BCUT2D eigenvalue weighted by atomic mass is 32.1. The summed E-state index contributed by atoms with van der Waals surface area (Å²) in [6.07, 6.45) is 3.13. The second kappa shape index (κ2) is 7.55. The van der Waals surface area contributed by atoms with Gasteiger partial charge in [0.05, 0.1) is 41.5 Å². The van der Waals surface area contributed by atoms with Crippen molar-refractivity contribution >= 4 is 21.6 Å². The monoisotopic (exact) mass is 399 g/mol. The molecule has 0 fully saturated rings. The van der Waals surface area contributed by atoms with Crippen molar-refractivity contribution in [1.82, 2.24) is 14.1 Å². The van der Waals surface area contributed by atoms with Gasteiger partial charge in [-0.25, -0.2) is 9.36 Å². The summed E-state index contributed by atoms with van der Waals surface area (Å²) in [5.41, 5.74) is 1.03. The molecular weight excluding hydrogens is 386 g/mol. The van der Waals surface area contributed by atoms with Crippen molar-refractivity contribution in [2.45, 2.75) is 13.0 Å². The van der Waals surface area contributed by atoms with E-state index in [0.717, 1.165) is 4.57 Å². The van der Waals surface area contributed by atoms with Crippen LogP contribution in [0, 0.1) is 22.7 Å². The quantitative estimate of drug-likeness (QED) is 0.524. The molecule has 0 spiro atoms. The van der Waals surface area contributed by atoms with Gasteiger partial charge in [-0.05, 0) is 24.3 Å². The molecule has 4 aromatic rings. The Morgan fingerprint density at radius 3 is 2.66 bits per heavy atom. The Kier molecular flexibility index (Phi) is 4.78. The van der Waals surface area contributed by atoms with Gasteiger partial charge in [0.25, 0.3) is 5.56 Å². The van der Waals surface area contributed by atoms with Gasteiger partial charge < -0.3 is 0 Å². The number of pyridine rings is 1. The number of fused-ring (bicyclic) bond motifs is 1. The van der Waals surface area contributed by atoms with Crippen LogP contribution in [0.5, 0.6) is 0 Å². The zero-order chi connectivity index (χ0) is 20.4. The summed E-state index contributed by atoms with van der Waals surface area (Å²) in [5, 5.41) is 18.4. The maximum atomic E-state index is 13.2. The van der Waals surface area contributed by atoms with E-state index in [9.17, 15) is 14.9 Å². The van der Waals surface area contributed by atoms with E-state index in [1.165, 1.54) is 22.1 Å². The fourth-order valence-electron chi connectivity index (χ4n) is 3.17. The van der Waals surface area contributed by atoms with Crippen LogP contribution in [0.3, 0.4) is 0 Å². The Bertz CT molecular complexity index is 1420. The maximum absolute atomic E-state index is 13.2. The fraction of sp³-hybridized carbons (Fsp3) is 0.0952. The number of aryl methyl sites for hydroxylation is 1. The number of rotatable bonds is 4. The van der Waals surface area contributed by atoms with Crippen LogP contribution in [0.2, 0.25) is 0 Å². The molecule has 0 unspecified atom stereocenters. The van der Waals surface area contributed by atoms with E-state index in [0.29, 0.717) is 31.9 Å². The Morgan fingerprint density at radius 1 is 1.10 bits per heavy atom. The first-order valence-electron chi connectivity index (χ1n) is 8.72.